The minimum Gasteiger partial charge on any atom is -0.480 e. The van der Waals surface area contributed by atoms with Crippen LogP contribution in [-0.2, 0) is 16.6 Å². The summed E-state index contributed by atoms with van der Waals surface area (Å²) in [5, 5.41) is 18.6. The Hall–Kier alpha value is -4.14. The highest BCUT2D eigenvalue weighted by Crippen LogP contribution is 2.44. The molecule has 1 saturated carbocycles. The highest BCUT2D eigenvalue weighted by molar-refractivity contribution is 6.03. The number of carbonyl (C=O) groups excluding carboxylic acids is 2. The number of nitrogens with one attached hydrogen (secondary N) is 2. The topological polar surface area (TPSA) is 123 Å². The van der Waals surface area contributed by atoms with Gasteiger partial charge in [0.25, 0.3) is 5.91 Å². The molecule has 3 aromatic rings. The van der Waals surface area contributed by atoms with Crippen LogP contribution in [0.2, 0.25) is 0 Å². The monoisotopic (exact) mass is 460 g/mol. The van der Waals surface area contributed by atoms with Gasteiger partial charge >= 0.3 is 12.1 Å². The van der Waals surface area contributed by atoms with Gasteiger partial charge in [-0.05, 0) is 41.0 Å². The van der Waals surface area contributed by atoms with Crippen molar-refractivity contribution in [3.05, 3.63) is 71.4 Å². The fourth-order valence-corrected chi connectivity index (χ4v) is 4.51. The third-order valence-electron chi connectivity index (χ3n) is 6.39. The number of aromatic nitrogens is 2. The van der Waals surface area contributed by atoms with Crippen molar-refractivity contribution in [1.82, 2.24) is 15.1 Å². The summed E-state index contributed by atoms with van der Waals surface area (Å²) in [5.74, 6) is -1.72. The molecule has 2 aliphatic rings. The van der Waals surface area contributed by atoms with Gasteiger partial charge in [-0.25, -0.2) is 9.59 Å². The summed E-state index contributed by atoms with van der Waals surface area (Å²) in [4.78, 5) is 36.9. The summed E-state index contributed by atoms with van der Waals surface area (Å²) in [6.07, 6.45) is 2.08. The number of hydrogen-bond donors (Lipinski definition) is 3. The number of nitrogens with zero attached hydrogens (tertiary/aromatic N) is 2. The zero-order valence-electron chi connectivity index (χ0n) is 18.5. The number of anilines is 1. The smallest absolute Gasteiger partial charge is 0.412 e. The molecule has 1 unspecified atom stereocenters. The highest BCUT2D eigenvalue weighted by atomic mass is 16.5. The quantitative estimate of drug-likeness (QED) is 0.497. The van der Waals surface area contributed by atoms with Crippen molar-refractivity contribution in [1.29, 1.82) is 0 Å². The Morgan fingerprint density at radius 3 is 2.29 bits per heavy atom. The molecule has 0 aliphatic heterocycles. The predicted molar refractivity (Wildman–Crippen MR) is 124 cm³/mol. The Labute approximate surface area is 195 Å². The van der Waals surface area contributed by atoms with Crippen LogP contribution in [-0.4, -0.2) is 45.5 Å². The lowest BCUT2D eigenvalue weighted by atomic mass is 9.98. The number of carboxylic acids is 1. The summed E-state index contributed by atoms with van der Waals surface area (Å²) in [6.45, 7) is 0.127. The molecular formula is C25H24N4O5. The molecule has 174 valence electrons. The fourth-order valence-electron chi connectivity index (χ4n) is 4.51. The standard InChI is InChI=1S/C25H24N4O5/c1-29-22(19(12-26-29)23(30)27-21(24(31)32)14-10-11-14)28-25(33)34-13-20-17-8-4-2-6-15(17)16-7-3-5-9-18(16)20/h2-9,12,14,20-21H,10-11,13H2,1H3,(H,27,30)(H,28,33)(H,31,32). The number of ether oxygens (including phenoxy) is 1. The van der Waals surface area contributed by atoms with Gasteiger partial charge in [-0.1, -0.05) is 48.5 Å². The van der Waals surface area contributed by atoms with E-state index in [9.17, 15) is 19.5 Å². The van der Waals surface area contributed by atoms with E-state index < -0.39 is 24.0 Å². The molecule has 34 heavy (non-hydrogen) atoms. The molecule has 1 aromatic heterocycles. The molecule has 0 saturated heterocycles. The van der Waals surface area contributed by atoms with Gasteiger partial charge < -0.3 is 15.2 Å². The molecule has 0 radical (unpaired) electrons. The van der Waals surface area contributed by atoms with Gasteiger partial charge in [-0.2, -0.15) is 5.10 Å². The Kier molecular flexibility index (Phi) is 5.53. The van der Waals surface area contributed by atoms with Gasteiger partial charge in [0.1, 0.15) is 24.0 Å². The lowest BCUT2D eigenvalue weighted by Gasteiger charge is -2.16. The summed E-state index contributed by atoms with van der Waals surface area (Å²) in [6, 6.07) is 15.1. The Morgan fingerprint density at radius 1 is 1.09 bits per heavy atom. The zero-order valence-corrected chi connectivity index (χ0v) is 18.5. The summed E-state index contributed by atoms with van der Waals surface area (Å²) in [5.41, 5.74) is 4.51. The van der Waals surface area contributed by atoms with Gasteiger partial charge in [0, 0.05) is 13.0 Å². The highest BCUT2D eigenvalue weighted by Gasteiger charge is 2.38. The molecule has 1 fully saturated rings. The number of carbonyl (C=O) groups is 3. The molecule has 3 N–H and O–H groups in total. The average molecular weight is 460 g/mol. The maximum Gasteiger partial charge on any atom is 0.412 e. The molecule has 9 heteroatoms. The number of fused-ring (bicyclic) bond motifs is 3. The summed E-state index contributed by atoms with van der Waals surface area (Å²) in [7, 11) is 1.57. The summed E-state index contributed by atoms with van der Waals surface area (Å²) >= 11 is 0. The molecule has 1 atom stereocenters. The second-order valence-corrected chi connectivity index (χ2v) is 8.61. The van der Waals surface area contributed by atoms with Gasteiger partial charge in [0.2, 0.25) is 0 Å². The first-order valence-corrected chi connectivity index (χ1v) is 11.1. The van der Waals surface area contributed by atoms with Gasteiger partial charge in [-0.15, -0.1) is 0 Å². The van der Waals surface area contributed by atoms with Gasteiger partial charge in [-0.3, -0.25) is 14.8 Å². The molecular weight excluding hydrogens is 436 g/mol. The van der Waals surface area contributed by atoms with Crippen molar-refractivity contribution in [2.45, 2.75) is 24.8 Å². The van der Waals surface area contributed by atoms with Crippen molar-refractivity contribution in [3.63, 3.8) is 0 Å². The van der Waals surface area contributed by atoms with E-state index in [0.29, 0.717) is 0 Å². The maximum atomic E-state index is 12.7. The van der Waals surface area contributed by atoms with Crippen molar-refractivity contribution in [2.24, 2.45) is 13.0 Å². The summed E-state index contributed by atoms with van der Waals surface area (Å²) < 4.78 is 6.89. The minimum absolute atomic E-state index is 0.0721. The number of aryl methyl sites for hydroxylation is 1. The van der Waals surface area contributed by atoms with Crippen LogP contribution in [0.5, 0.6) is 0 Å². The second kappa shape index (κ2) is 8.66. The van der Waals surface area contributed by atoms with Crippen molar-refractivity contribution in [3.8, 4) is 11.1 Å². The Balaban J connectivity index is 1.28. The first-order valence-electron chi connectivity index (χ1n) is 11.1. The van der Waals surface area contributed by atoms with Crippen molar-refractivity contribution < 1.29 is 24.2 Å². The van der Waals surface area contributed by atoms with Crippen LogP contribution >= 0.6 is 0 Å². The van der Waals surface area contributed by atoms with Crippen LogP contribution in [0.15, 0.2) is 54.7 Å². The number of carboxylic acid groups (broad SMARTS) is 1. The number of amides is 2. The lowest BCUT2D eigenvalue weighted by Crippen LogP contribution is -2.42. The minimum atomic E-state index is -1.08. The maximum absolute atomic E-state index is 12.7. The number of benzene rings is 2. The Morgan fingerprint density at radius 2 is 1.71 bits per heavy atom. The van der Waals surface area contributed by atoms with E-state index in [-0.39, 0.29) is 29.8 Å². The number of hydrogen-bond acceptors (Lipinski definition) is 5. The first-order chi connectivity index (χ1) is 16.4. The van der Waals surface area contributed by atoms with E-state index >= 15 is 0 Å². The normalized spacial score (nSPS) is 15.2. The fraction of sp³-hybridized carbons (Fsp3) is 0.280. The number of aliphatic carboxylic acids is 1. The van der Waals surface area contributed by atoms with Crippen LogP contribution in [0.1, 0.15) is 40.2 Å². The van der Waals surface area contributed by atoms with Crippen LogP contribution in [0.25, 0.3) is 11.1 Å². The SMILES string of the molecule is Cn1ncc(C(=O)NC(C(=O)O)C2CC2)c1NC(=O)OCC1c2ccccc2-c2ccccc21. The van der Waals surface area contributed by atoms with Gasteiger partial charge in [0.05, 0.1) is 6.20 Å². The van der Waals surface area contributed by atoms with Crippen LogP contribution < -0.4 is 10.6 Å². The van der Waals surface area contributed by atoms with Crippen LogP contribution in [0, 0.1) is 5.92 Å². The third-order valence-corrected chi connectivity index (χ3v) is 6.39. The third kappa shape index (κ3) is 4.00. The van der Waals surface area contributed by atoms with E-state index in [1.807, 2.05) is 36.4 Å². The molecule has 1 heterocycles. The van der Waals surface area contributed by atoms with Crippen molar-refractivity contribution in [2.75, 3.05) is 11.9 Å². The largest absolute Gasteiger partial charge is 0.480 e. The average Bonchev–Trinajstić information content (AvgIpc) is 3.54. The molecule has 5 rings (SSSR count). The zero-order chi connectivity index (χ0) is 23.8. The molecule has 9 nitrogen and oxygen atoms in total. The van der Waals surface area contributed by atoms with E-state index in [1.165, 1.54) is 10.9 Å². The van der Waals surface area contributed by atoms with Crippen molar-refractivity contribution >= 4 is 23.8 Å². The molecule has 2 amide bonds. The predicted octanol–water partition coefficient (Wildman–Crippen LogP) is 3.37. The molecule has 2 aliphatic carbocycles. The first kappa shape index (κ1) is 21.7. The van der Waals surface area contributed by atoms with Gasteiger partial charge in [0.15, 0.2) is 0 Å². The molecule has 0 bridgehead atoms. The number of rotatable bonds is 7. The second-order valence-electron chi connectivity index (χ2n) is 8.61. The van der Waals surface area contributed by atoms with E-state index in [2.05, 4.69) is 27.9 Å². The van der Waals surface area contributed by atoms with E-state index in [4.69, 9.17) is 4.74 Å². The lowest BCUT2D eigenvalue weighted by molar-refractivity contribution is -0.139. The molecule has 2 aromatic carbocycles. The van der Waals surface area contributed by atoms with E-state index in [0.717, 1.165) is 35.1 Å². The van der Waals surface area contributed by atoms with Crippen LogP contribution in [0.3, 0.4) is 0 Å². The molecule has 0 spiro atoms. The Bertz CT molecular complexity index is 1230. The van der Waals surface area contributed by atoms with Crippen LogP contribution in [0.4, 0.5) is 10.6 Å². The van der Waals surface area contributed by atoms with E-state index in [1.54, 1.807) is 7.05 Å².